The molecule has 65 heavy (non-hydrogen) atoms. The van der Waals surface area contributed by atoms with Crippen LogP contribution in [0.3, 0.4) is 0 Å². The second kappa shape index (κ2) is 15.9. The van der Waals surface area contributed by atoms with Crippen LogP contribution in [0.4, 0.5) is 0 Å². The molecule has 1 aliphatic carbocycles. The molecule has 8 aromatic carbocycles. The zero-order chi connectivity index (χ0) is 43.4. The Hall–Kier alpha value is -8.17. The zero-order valence-electron chi connectivity index (χ0n) is 35.5. The van der Waals surface area contributed by atoms with Gasteiger partial charge in [-0.3, -0.25) is 0 Å². The molecule has 0 saturated heterocycles. The Morgan fingerprint density at radius 3 is 2.14 bits per heavy atom. The quantitative estimate of drug-likeness (QED) is 0.150. The zero-order valence-corrected chi connectivity index (χ0v) is 36.3. The van der Waals surface area contributed by atoms with Gasteiger partial charge in [-0.25, -0.2) is 15.0 Å². The SMILES string of the molecule is C#Cc1ccc(-c2ccc(-c3ccc4oc5cccc(-c6ccc7ccc(-c8nc(-c9cccc%10sc%11ccccc%11c9%10)nc(C9C=CC=CC9)n8)cc7c6)c5c4c3)cc2)cc1/C=C\C. The fourth-order valence-corrected chi connectivity index (χ4v) is 10.5. The van der Waals surface area contributed by atoms with E-state index in [4.69, 9.17) is 25.8 Å². The van der Waals surface area contributed by atoms with Crippen molar-refractivity contribution >= 4 is 70.3 Å². The summed E-state index contributed by atoms with van der Waals surface area (Å²) >= 11 is 1.80. The summed E-state index contributed by atoms with van der Waals surface area (Å²) in [6.07, 6.45) is 19.3. The minimum atomic E-state index is 0.0606. The topological polar surface area (TPSA) is 51.8 Å². The lowest BCUT2D eigenvalue weighted by Crippen LogP contribution is -2.08. The molecule has 11 aromatic rings. The third-order valence-corrected chi connectivity index (χ3v) is 13.8. The van der Waals surface area contributed by atoms with E-state index in [2.05, 4.69) is 188 Å². The van der Waals surface area contributed by atoms with Crippen LogP contribution >= 0.6 is 11.3 Å². The Balaban J connectivity index is 0.934. The molecule has 0 aliphatic heterocycles. The normalized spacial score (nSPS) is 13.8. The fourth-order valence-electron chi connectivity index (χ4n) is 9.39. The van der Waals surface area contributed by atoms with Gasteiger partial charge in [-0.1, -0.05) is 146 Å². The summed E-state index contributed by atoms with van der Waals surface area (Å²) in [6, 6.07) is 56.1. The Bertz CT molecular complexity index is 3840. The van der Waals surface area contributed by atoms with Gasteiger partial charge in [0.25, 0.3) is 0 Å². The van der Waals surface area contributed by atoms with Crippen molar-refractivity contribution in [2.45, 2.75) is 19.3 Å². The predicted octanol–water partition coefficient (Wildman–Crippen LogP) is 16.2. The highest BCUT2D eigenvalue weighted by Gasteiger charge is 2.21. The molecule has 12 rings (SSSR count). The average molecular weight is 850 g/mol. The number of nitrogens with zero attached hydrogens (tertiary/aromatic N) is 3. The number of fused-ring (bicyclic) bond motifs is 7. The molecule has 0 radical (unpaired) electrons. The lowest BCUT2D eigenvalue weighted by molar-refractivity contribution is 0.669. The number of hydrogen-bond acceptors (Lipinski definition) is 5. The van der Waals surface area contributed by atoms with E-state index in [0.29, 0.717) is 11.6 Å². The number of aromatic nitrogens is 3. The van der Waals surface area contributed by atoms with Gasteiger partial charge in [0.1, 0.15) is 17.0 Å². The Kier molecular flexibility index (Phi) is 9.40. The number of allylic oxidation sites excluding steroid dienone is 5. The molecule has 4 nitrogen and oxygen atoms in total. The van der Waals surface area contributed by atoms with Crippen LogP contribution in [0.2, 0.25) is 0 Å². The van der Waals surface area contributed by atoms with Crippen LogP contribution < -0.4 is 0 Å². The van der Waals surface area contributed by atoms with Gasteiger partial charge >= 0.3 is 0 Å². The van der Waals surface area contributed by atoms with Crippen LogP contribution in [0.1, 0.15) is 36.2 Å². The highest BCUT2D eigenvalue weighted by atomic mass is 32.1. The van der Waals surface area contributed by atoms with Crippen LogP contribution in [0.25, 0.3) is 115 Å². The predicted molar refractivity (Wildman–Crippen MR) is 273 cm³/mol. The highest BCUT2D eigenvalue weighted by Crippen LogP contribution is 2.42. The molecule has 5 heteroatoms. The first kappa shape index (κ1) is 38.5. The van der Waals surface area contributed by atoms with Crippen LogP contribution in [0, 0.1) is 12.3 Å². The minimum Gasteiger partial charge on any atom is -0.456 e. The number of terminal acetylenes is 1. The van der Waals surface area contributed by atoms with E-state index in [1.807, 2.05) is 19.1 Å². The molecule has 0 amide bonds. The van der Waals surface area contributed by atoms with Gasteiger partial charge in [-0.2, -0.15) is 0 Å². The molecule has 3 aromatic heterocycles. The summed E-state index contributed by atoms with van der Waals surface area (Å²) < 4.78 is 8.98. The Morgan fingerprint density at radius 1 is 0.585 bits per heavy atom. The number of furan rings is 1. The second-order valence-corrected chi connectivity index (χ2v) is 17.6. The monoisotopic (exact) mass is 849 g/mol. The molecule has 306 valence electrons. The molecule has 0 fully saturated rings. The molecule has 0 bridgehead atoms. The first-order valence-corrected chi connectivity index (χ1v) is 22.7. The van der Waals surface area contributed by atoms with Crippen molar-refractivity contribution in [2.24, 2.45) is 0 Å². The highest BCUT2D eigenvalue weighted by molar-refractivity contribution is 7.25. The maximum atomic E-state index is 6.50. The van der Waals surface area contributed by atoms with Gasteiger partial charge in [0, 0.05) is 53.6 Å². The van der Waals surface area contributed by atoms with Crippen LogP contribution in [0.15, 0.2) is 193 Å². The first-order chi connectivity index (χ1) is 32.1. The Morgan fingerprint density at radius 2 is 1.31 bits per heavy atom. The van der Waals surface area contributed by atoms with Crippen molar-refractivity contribution in [1.29, 1.82) is 0 Å². The van der Waals surface area contributed by atoms with E-state index >= 15 is 0 Å². The van der Waals surface area contributed by atoms with Crippen LogP contribution in [-0.2, 0) is 0 Å². The fraction of sp³-hybridized carbons (Fsp3) is 0.0500. The summed E-state index contributed by atoms with van der Waals surface area (Å²) in [4.78, 5) is 15.6. The summed E-state index contributed by atoms with van der Waals surface area (Å²) in [7, 11) is 0. The second-order valence-electron chi connectivity index (χ2n) is 16.6. The Labute approximate surface area is 380 Å². The molecular formula is C60H39N3OS. The molecular weight excluding hydrogens is 811 g/mol. The van der Waals surface area contributed by atoms with Gasteiger partial charge in [-0.05, 0) is 118 Å². The van der Waals surface area contributed by atoms with Crippen molar-refractivity contribution in [3.63, 3.8) is 0 Å². The summed E-state index contributed by atoms with van der Waals surface area (Å²) in [6.45, 7) is 2.01. The molecule has 3 heterocycles. The van der Waals surface area contributed by atoms with Gasteiger partial charge in [-0.15, -0.1) is 17.8 Å². The standard InChI is InChI=1S/C60H39N3OS/c1-3-12-42-33-43(28-21-37(42)4-2)38-22-24-39(25-23-38)44-31-32-52-51(36-44)56-48(16-10-18-53(56)64-52)45-29-26-40-27-30-46(35-47(40)34-45)59-61-58(41-13-6-5-7-14-41)62-60(63-59)50-17-11-20-55-57(50)49-15-8-9-19-54(49)65-55/h2-3,5-13,15-36,41H,14H2,1H3/b12-3-. The van der Waals surface area contributed by atoms with Crippen molar-refractivity contribution in [1.82, 2.24) is 15.0 Å². The molecule has 0 spiro atoms. The van der Waals surface area contributed by atoms with E-state index in [0.717, 1.165) is 101 Å². The van der Waals surface area contributed by atoms with Crippen LogP contribution in [-0.4, -0.2) is 15.0 Å². The van der Waals surface area contributed by atoms with E-state index < -0.39 is 0 Å². The molecule has 1 aliphatic rings. The molecule has 1 atom stereocenters. The molecule has 0 saturated carbocycles. The molecule has 0 N–H and O–H groups in total. The lowest BCUT2D eigenvalue weighted by atomic mass is 9.94. The third kappa shape index (κ3) is 6.84. The van der Waals surface area contributed by atoms with E-state index in [1.165, 1.54) is 20.2 Å². The third-order valence-electron chi connectivity index (χ3n) is 12.6. The number of thiophene rings is 1. The van der Waals surface area contributed by atoms with Crippen molar-refractivity contribution in [3.8, 4) is 68.5 Å². The largest absolute Gasteiger partial charge is 0.456 e. The van der Waals surface area contributed by atoms with Crippen molar-refractivity contribution < 1.29 is 4.42 Å². The van der Waals surface area contributed by atoms with Gasteiger partial charge < -0.3 is 4.42 Å². The number of hydrogen-bond donors (Lipinski definition) is 0. The van der Waals surface area contributed by atoms with Gasteiger partial charge in [0.05, 0.1) is 0 Å². The lowest BCUT2D eigenvalue weighted by Gasteiger charge is -2.15. The van der Waals surface area contributed by atoms with Crippen molar-refractivity contribution in [3.05, 3.63) is 205 Å². The number of benzene rings is 8. The maximum absolute atomic E-state index is 6.50. The summed E-state index contributed by atoms with van der Waals surface area (Å²) in [5.74, 6) is 5.00. The summed E-state index contributed by atoms with van der Waals surface area (Å²) in [5.41, 5.74) is 12.4. The smallest absolute Gasteiger partial charge is 0.164 e. The summed E-state index contributed by atoms with van der Waals surface area (Å²) in [5, 5.41) is 6.83. The molecule has 1 unspecified atom stereocenters. The van der Waals surface area contributed by atoms with Gasteiger partial charge in [0.2, 0.25) is 0 Å². The van der Waals surface area contributed by atoms with E-state index in [9.17, 15) is 0 Å². The number of rotatable bonds is 7. The average Bonchev–Trinajstić information content (AvgIpc) is 3.95. The minimum absolute atomic E-state index is 0.0606. The van der Waals surface area contributed by atoms with Crippen molar-refractivity contribution in [2.75, 3.05) is 0 Å². The first-order valence-electron chi connectivity index (χ1n) is 21.9. The van der Waals surface area contributed by atoms with Gasteiger partial charge in [0.15, 0.2) is 11.6 Å². The maximum Gasteiger partial charge on any atom is 0.164 e. The van der Waals surface area contributed by atoms with E-state index in [1.54, 1.807) is 11.3 Å². The van der Waals surface area contributed by atoms with E-state index in [-0.39, 0.29) is 5.92 Å². The van der Waals surface area contributed by atoms with Crippen LogP contribution in [0.5, 0.6) is 0 Å².